The second-order valence-electron chi connectivity index (χ2n) is 8.65. The van der Waals surface area contributed by atoms with E-state index in [1.807, 2.05) is 38.1 Å². The highest BCUT2D eigenvalue weighted by atomic mass is 19.1. The van der Waals surface area contributed by atoms with E-state index in [4.69, 9.17) is 14.6 Å². The molecule has 0 bridgehead atoms. The molecule has 0 saturated heterocycles. The van der Waals surface area contributed by atoms with Crippen LogP contribution in [-0.4, -0.2) is 41.5 Å². The molecule has 2 atom stereocenters. The molecule has 1 aliphatic rings. The van der Waals surface area contributed by atoms with E-state index in [1.165, 1.54) is 18.3 Å². The number of hydrogen-bond acceptors (Lipinski definition) is 6. The van der Waals surface area contributed by atoms with E-state index >= 15 is 0 Å². The molecule has 0 fully saturated rings. The van der Waals surface area contributed by atoms with Crippen molar-refractivity contribution in [2.45, 2.75) is 32.9 Å². The number of benzene rings is 2. The highest BCUT2D eigenvalue weighted by Crippen LogP contribution is 2.33. The fraction of sp³-hybridized carbons (Fsp3) is 0.286. The van der Waals surface area contributed by atoms with E-state index in [1.54, 1.807) is 36.4 Å². The van der Waals surface area contributed by atoms with Crippen LogP contribution in [0.2, 0.25) is 0 Å². The van der Waals surface area contributed by atoms with Gasteiger partial charge in [-0.15, -0.1) is 0 Å². The van der Waals surface area contributed by atoms with Crippen LogP contribution in [0.4, 0.5) is 4.39 Å². The van der Waals surface area contributed by atoms with Crippen molar-refractivity contribution >= 4 is 17.5 Å². The van der Waals surface area contributed by atoms with Crippen LogP contribution in [-0.2, 0) is 4.79 Å². The van der Waals surface area contributed by atoms with E-state index < -0.39 is 18.9 Å². The zero-order chi connectivity index (χ0) is 26.4. The van der Waals surface area contributed by atoms with Crippen molar-refractivity contribution in [3.05, 3.63) is 89.2 Å². The van der Waals surface area contributed by atoms with Crippen molar-refractivity contribution < 1.29 is 23.5 Å². The molecule has 2 aromatic carbocycles. The Morgan fingerprint density at radius 2 is 1.95 bits per heavy atom. The van der Waals surface area contributed by atoms with Crippen molar-refractivity contribution in [1.82, 2.24) is 15.3 Å². The van der Waals surface area contributed by atoms with Gasteiger partial charge in [-0.3, -0.25) is 14.6 Å². The van der Waals surface area contributed by atoms with E-state index in [-0.39, 0.29) is 29.7 Å². The summed E-state index contributed by atoms with van der Waals surface area (Å²) in [7, 11) is 1.47. The topological polar surface area (TPSA) is 93.1 Å². The fourth-order valence-corrected chi connectivity index (χ4v) is 4.22. The van der Waals surface area contributed by atoms with Crippen molar-refractivity contribution in [1.29, 1.82) is 0 Å². The monoisotopic (exact) mass is 504 g/mol. The SMILES string of the molecule is CCC1CC(=O)N(C(NC(=O)c2ccccn2)c2ccc(C)cc2)N=C1c1ccc(OCF)c(OC)c1. The number of aromatic nitrogens is 1. The predicted molar refractivity (Wildman–Crippen MR) is 137 cm³/mol. The van der Waals surface area contributed by atoms with Crippen LogP contribution in [0.1, 0.15) is 53.1 Å². The number of pyridine rings is 1. The first-order valence-corrected chi connectivity index (χ1v) is 12.0. The molecule has 0 spiro atoms. The number of ether oxygens (including phenoxy) is 2. The number of hydrogen-bond donors (Lipinski definition) is 1. The maximum absolute atomic E-state index is 13.4. The molecule has 3 aromatic rings. The third-order valence-corrected chi connectivity index (χ3v) is 6.24. The van der Waals surface area contributed by atoms with Crippen LogP contribution in [0.25, 0.3) is 0 Å². The summed E-state index contributed by atoms with van der Waals surface area (Å²) in [6.45, 7) is 2.97. The summed E-state index contributed by atoms with van der Waals surface area (Å²) >= 11 is 0. The van der Waals surface area contributed by atoms with Gasteiger partial charge < -0.3 is 14.8 Å². The molecule has 0 aliphatic carbocycles. The minimum absolute atomic E-state index is 0.147. The van der Waals surface area contributed by atoms with Crippen LogP contribution in [0.5, 0.6) is 11.5 Å². The molecule has 8 nitrogen and oxygen atoms in total. The lowest BCUT2D eigenvalue weighted by Gasteiger charge is -2.35. The summed E-state index contributed by atoms with van der Waals surface area (Å²) in [5, 5.41) is 9.03. The van der Waals surface area contributed by atoms with Gasteiger partial charge in [-0.1, -0.05) is 42.8 Å². The molecule has 9 heteroatoms. The lowest BCUT2D eigenvalue weighted by Crippen LogP contribution is -2.46. The number of methoxy groups -OCH3 is 1. The maximum atomic E-state index is 13.4. The van der Waals surface area contributed by atoms with Crippen molar-refractivity contribution in [3.8, 4) is 11.5 Å². The minimum Gasteiger partial charge on any atom is -0.493 e. The molecule has 1 aliphatic heterocycles. The number of carbonyl (C=O) groups excluding carboxylic acids is 2. The summed E-state index contributed by atoms with van der Waals surface area (Å²) in [5.41, 5.74) is 3.35. The second-order valence-corrected chi connectivity index (χ2v) is 8.65. The summed E-state index contributed by atoms with van der Waals surface area (Å²) in [6.07, 6.45) is 1.57. The average Bonchev–Trinajstić information content (AvgIpc) is 2.93. The maximum Gasteiger partial charge on any atom is 0.271 e. The summed E-state index contributed by atoms with van der Waals surface area (Å²) < 4.78 is 23.2. The van der Waals surface area contributed by atoms with Gasteiger partial charge in [0.1, 0.15) is 5.69 Å². The van der Waals surface area contributed by atoms with E-state index in [2.05, 4.69) is 10.3 Å². The van der Waals surface area contributed by atoms with Crippen molar-refractivity contribution in [2.24, 2.45) is 11.0 Å². The third kappa shape index (κ3) is 5.77. The van der Waals surface area contributed by atoms with E-state index in [9.17, 15) is 14.0 Å². The first-order chi connectivity index (χ1) is 17.9. The quantitative estimate of drug-likeness (QED) is 0.452. The molecule has 0 saturated carbocycles. The summed E-state index contributed by atoms with van der Waals surface area (Å²) in [5.74, 6) is -0.165. The van der Waals surface area contributed by atoms with Crippen molar-refractivity contribution in [3.63, 3.8) is 0 Å². The zero-order valence-electron chi connectivity index (χ0n) is 21.0. The molecule has 2 heterocycles. The van der Waals surface area contributed by atoms with Gasteiger partial charge in [0.25, 0.3) is 5.91 Å². The Morgan fingerprint density at radius 3 is 2.59 bits per heavy atom. The van der Waals surface area contributed by atoms with Gasteiger partial charge in [-0.25, -0.2) is 9.40 Å². The first kappa shape index (κ1) is 25.8. The molecule has 1 N–H and O–H groups in total. The van der Waals surface area contributed by atoms with Crippen LogP contribution < -0.4 is 14.8 Å². The summed E-state index contributed by atoms with van der Waals surface area (Å²) in [6, 6.07) is 17.7. The van der Waals surface area contributed by atoms with Gasteiger partial charge in [0, 0.05) is 24.1 Å². The molecular weight excluding hydrogens is 475 g/mol. The number of alkyl halides is 1. The number of amides is 2. The number of nitrogens with zero attached hydrogens (tertiary/aromatic N) is 3. The summed E-state index contributed by atoms with van der Waals surface area (Å²) in [4.78, 5) is 30.6. The molecule has 37 heavy (non-hydrogen) atoms. The Morgan fingerprint density at radius 1 is 1.16 bits per heavy atom. The fourth-order valence-electron chi connectivity index (χ4n) is 4.22. The molecular formula is C28H29FN4O4. The Labute approximate surface area is 215 Å². The standard InChI is InChI=1S/C28H29FN4O4/c1-4-19-16-25(34)33(32-26(19)21-12-13-23(37-17-29)24(15-21)36-3)27(20-10-8-18(2)9-11-20)31-28(35)22-7-5-6-14-30-22/h5-15,19,27H,4,16-17H2,1-3H3,(H,31,35). The van der Waals surface area contributed by atoms with E-state index in [0.29, 0.717) is 29.0 Å². The van der Waals surface area contributed by atoms with Gasteiger partial charge in [0.05, 0.1) is 12.8 Å². The number of carbonyl (C=O) groups is 2. The van der Waals surface area contributed by atoms with Crippen LogP contribution in [0.3, 0.4) is 0 Å². The lowest BCUT2D eigenvalue weighted by molar-refractivity contribution is -0.135. The van der Waals surface area contributed by atoms with Crippen molar-refractivity contribution in [2.75, 3.05) is 14.0 Å². The van der Waals surface area contributed by atoms with Gasteiger partial charge in [0.15, 0.2) is 17.7 Å². The minimum atomic E-state index is -0.981. The number of halogens is 1. The van der Waals surface area contributed by atoms with Gasteiger partial charge in [-0.2, -0.15) is 5.10 Å². The van der Waals surface area contributed by atoms with Gasteiger partial charge in [0.2, 0.25) is 12.8 Å². The van der Waals surface area contributed by atoms with Gasteiger partial charge >= 0.3 is 0 Å². The largest absolute Gasteiger partial charge is 0.493 e. The first-order valence-electron chi connectivity index (χ1n) is 12.0. The number of aryl methyl sites for hydroxylation is 1. The normalized spacial score (nSPS) is 16.1. The zero-order valence-corrected chi connectivity index (χ0v) is 21.0. The highest BCUT2D eigenvalue weighted by Gasteiger charge is 2.35. The number of rotatable bonds is 9. The molecule has 1 aromatic heterocycles. The number of hydrazone groups is 1. The Kier molecular flexibility index (Phi) is 8.12. The second kappa shape index (κ2) is 11.6. The van der Waals surface area contributed by atoms with E-state index in [0.717, 1.165) is 5.56 Å². The molecule has 2 amide bonds. The third-order valence-electron chi connectivity index (χ3n) is 6.24. The lowest BCUT2D eigenvalue weighted by atomic mass is 9.89. The van der Waals surface area contributed by atoms with Crippen LogP contribution >= 0.6 is 0 Å². The average molecular weight is 505 g/mol. The Hall–Kier alpha value is -4.27. The predicted octanol–water partition coefficient (Wildman–Crippen LogP) is 4.80. The number of nitrogens with one attached hydrogen (secondary N) is 1. The molecule has 2 unspecified atom stereocenters. The van der Waals surface area contributed by atoms with Gasteiger partial charge in [-0.05, 0) is 49.2 Å². The molecule has 192 valence electrons. The Bertz CT molecular complexity index is 1280. The molecule has 0 radical (unpaired) electrons. The smallest absolute Gasteiger partial charge is 0.271 e. The Balaban J connectivity index is 1.77. The highest BCUT2D eigenvalue weighted by molar-refractivity contribution is 6.06. The molecule has 4 rings (SSSR count). The van der Waals surface area contributed by atoms with Crippen LogP contribution in [0, 0.1) is 12.8 Å². The van der Waals surface area contributed by atoms with Crippen LogP contribution in [0.15, 0.2) is 72.0 Å².